The molecule has 0 atom stereocenters. The summed E-state index contributed by atoms with van der Waals surface area (Å²) in [7, 11) is 0. The van der Waals surface area contributed by atoms with Gasteiger partial charge in [-0.25, -0.2) is 9.97 Å². The lowest BCUT2D eigenvalue weighted by atomic mass is 10.1. The number of pyridine rings is 1. The molecule has 3 aromatic rings. The van der Waals surface area contributed by atoms with Gasteiger partial charge in [0.05, 0.1) is 10.9 Å². The van der Waals surface area contributed by atoms with Gasteiger partial charge in [0.15, 0.2) is 0 Å². The van der Waals surface area contributed by atoms with Crippen LogP contribution in [-0.4, -0.2) is 33.5 Å². The molecule has 0 spiro atoms. The molecular formula is C25H31N5O2. The molecule has 0 unspecified atom stereocenters. The maximum absolute atomic E-state index is 13.0. The van der Waals surface area contributed by atoms with Crippen molar-refractivity contribution in [2.75, 3.05) is 18.0 Å². The van der Waals surface area contributed by atoms with Gasteiger partial charge >= 0.3 is 0 Å². The first-order valence-electron chi connectivity index (χ1n) is 11.6. The third-order valence-electron chi connectivity index (χ3n) is 6.18. The molecule has 4 rings (SSSR count). The molecule has 0 saturated carbocycles. The highest BCUT2D eigenvalue weighted by Crippen LogP contribution is 2.17. The second kappa shape index (κ2) is 9.94. The normalized spacial score (nSPS) is 13.8. The largest absolute Gasteiger partial charge is 0.357 e. The van der Waals surface area contributed by atoms with Crippen LogP contribution < -0.4 is 15.8 Å². The van der Waals surface area contributed by atoms with Crippen molar-refractivity contribution in [1.82, 2.24) is 19.9 Å². The Morgan fingerprint density at radius 1 is 1.09 bits per heavy atom. The summed E-state index contributed by atoms with van der Waals surface area (Å²) in [5.41, 5.74) is 2.04. The fraction of sp³-hybridized carbons (Fsp3) is 0.440. The fourth-order valence-corrected chi connectivity index (χ4v) is 4.28. The molecule has 1 aliphatic rings. The Hall–Kier alpha value is -3.22. The van der Waals surface area contributed by atoms with E-state index in [-0.39, 0.29) is 11.5 Å². The number of fused-ring (bicyclic) bond motifs is 2. The van der Waals surface area contributed by atoms with E-state index in [1.807, 2.05) is 16.7 Å². The van der Waals surface area contributed by atoms with E-state index in [1.165, 1.54) is 6.42 Å². The number of benzene rings is 1. The van der Waals surface area contributed by atoms with Crippen LogP contribution in [0.25, 0.3) is 10.9 Å². The van der Waals surface area contributed by atoms with Crippen molar-refractivity contribution in [2.45, 2.75) is 59.0 Å². The zero-order valence-corrected chi connectivity index (χ0v) is 18.9. The molecule has 0 bridgehead atoms. The first-order chi connectivity index (χ1) is 15.6. The lowest BCUT2D eigenvalue weighted by Gasteiger charge is -2.19. The summed E-state index contributed by atoms with van der Waals surface area (Å²) in [4.78, 5) is 37.1. The van der Waals surface area contributed by atoms with E-state index >= 15 is 0 Å². The summed E-state index contributed by atoms with van der Waals surface area (Å²) >= 11 is 0. The van der Waals surface area contributed by atoms with Crippen LogP contribution in [0.1, 0.15) is 61.3 Å². The quantitative estimate of drug-likeness (QED) is 0.641. The van der Waals surface area contributed by atoms with E-state index in [9.17, 15) is 9.59 Å². The number of aromatic nitrogens is 3. The van der Waals surface area contributed by atoms with Crippen LogP contribution in [0.2, 0.25) is 0 Å². The predicted molar refractivity (Wildman–Crippen MR) is 127 cm³/mol. The second-order valence-electron chi connectivity index (χ2n) is 8.26. The molecule has 1 aromatic carbocycles. The van der Waals surface area contributed by atoms with Crippen molar-refractivity contribution < 1.29 is 4.79 Å². The van der Waals surface area contributed by atoms with Gasteiger partial charge in [0.2, 0.25) is 0 Å². The smallest absolute Gasteiger partial charge is 0.261 e. The molecule has 1 N–H and O–H groups in total. The maximum Gasteiger partial charge on any atom is 0.261 e. The number of hydrogen-bond acceptors (Lipinski definition) is 5. The second-order valence-corrected chi connectivity index (χ2v) is 8.26. The van der Waals surface area contributed by atoms with Crippen molar-refractivity contribution in [2.24, 2.45) is 0 Å². The summed E-state index contributed by atoms with van der Waals surface area (Å²) in [5.74, 6) is 1.58. The minimum absolute atomic E-state index is 0.00164. The van der Waals surface area contributed by atoms with Crippen LogP contribution in [-0.2, 0) is 19.5 Å². The summed E-state index contributed by atoms with van der Waals surface area (Å²) in [6.45, 7) is 7.13. The van der Waals surface area contributed by atoms with Crippen molar-refractivity contribution in [1.29, 1.82) is 0 Å². The van der Waals surface area contributed by atoms with Crippen molar-refractivity contribution >= 4 is 22.6 Å². The molecule has 1 amide bonds. The number of aryl methyl sites for hydroxylation is 1. The summed E-state index contributed by atoms with van der Waals surface area (Å²) in [6.07, 6.45) is 6.97. The minimum Gasteiger partial charge on any atom is -0.357 e. The topological polar surface area (TPSA) is 80.1 Å². The highest BCUT2D eigenvalue weighted by molar-refractivity contribution is 5.97. The molecular weight excluding hydrogens is 402 g/mol. The predicted octanol–water partition coefficient (Wildman–Crippen LogP) is 3.68. The molecule has 1 aliphatic heterocycles. The van der Waals surface area contributed by atoms with E-state index in [0.29, 0.717) is 23.0 Å². The Bertz CT molecular complexity index is 1150. The maximum atomic E-state index is 13.0. The number of rotatable bonds is 6. The van der Waals surface area contributed by atoms with Gasteiger partial charge in [-0.1, -0.05) is 18.9 Å². The third-order valence-corrected chi connectivity index (χ3v) is 6.18. The highest BCUT2D eigenvalue weighted by atomic mass is 16.1. The van der Waals surface area contributed by atoms with Gasteiger partial charge in [0.25, 0.3) is 11.5 Å². The first kappa shape index (κ1) is 22.0. The number of nitrogens with one attached hydrogen (secondary N) is 1. The average molecular weight is 434 g/mol. The van der Waals surface area contributed by atoms with Crippen molar-refractivity contribution in [3.8, 4) is 0 Å². The Kier molecular flexibility index (Phi) is 6.83. The molecule has 32 heavy (non-hydrogen) atoms. The van der Waals surface area contributed by atoms with Gasteiger partial charge in [0, 0.05) is 44.4 Å². The molecule has 0 aliphatic carbocycles. The highest BCUT2D eigenvalue weighted by Gasteiger charge is 2.15. The zero-order valence-electron chi connectivity index (χ0n) is 18.9. The third kappa shape index (κ3) is 4.66. The van der Waals surface area contributed by atoms with Gasteiger partial charge in [-0.3, -0.25) is 14.2 Å². The molecule has 0 saturated heterocycles. The number of carbonyl (C=O) groups excluding carboxylic acids is 1. The zero-order chi connectivity index (χ0) is 22.5. The Labute approximate surface area is 188 Å². The number of carbonyl (C=O) groups is 1. The average Bonchev–Trinajstić information content (AvgIpc) is 2.80. The van der Waals surface area contributed by atoms with Crippen LogP contribution in [0.3, 0.4) is 0 Å². The van der Waals surface area contributed by atoms with E-state index in [1.54, 1.807) is 24.4 Å². The molecule has 7 heteroatoms. The molecule has 2 aromatic heterocycles. The van der Waals surface area contributed by atoms with E-state index in [0.717, 1.165) is 62.5 Å². The molecule has 3 heterocycles. The number of hydrogen-bond donors (Lipinski definition) is 1. The molecule has 0 radical (unpaired) electrons. The molecule has 0 fully saturated rings. The first-order valence-corrected chi connectivity index (χ1v) is 11.6. The molecule has 7 nitrogen and oxygen atoms in total. The summed E-state index contributed by atoms with van der Waals surface area (Å²) in [6, 6.07) is 9.13. The van der Waals surface area contributed by atoms with E-state index < -0.39 is 0 Å². The summed E-state index contributed by atoms with van der Waals surface area (Å²) in [5, 5.41) is 3.52. The van der Waals surface area contributed by atoms with Crippen LogP contribution in [0, 0.1) is 0 Å². The lowest BCUT2D eigenvalue weighted by molar-refractivity contribution is 0.0951. The van der Waals surface area contributed by atoms with Crippen LogP contribution in [0.4, 0.5) is 5.82 Å². The van der Waals surface area contributed by atoms with Crippen LogP contribution in [0.15, 0.2) is 41.3 Å². The van der Waals surface area contributed by atoms with Gasteiger partial charge in [-0.05, 0) is 56.5 Å². The Morgan fingerprint density at radius 2 is 1.91 bits per heavy atom. The Morgan fingerprint density at radius 3 is 2.66 bits per heavy atom. The van der Waals surface area contributed by atoms with E-state index in [2.05, 4.69) is 29.0 Å². The van der Waals surface area contributed by atoms with Gasteiger partial charge in [0.1, 0.15) is 11.6 Å². The van der Waals surface area contributed by atoms with Gasteiger partial charge in [-0.15, -0.1) is 0 Å². The van der Waals surface area contributed by atoms with E-state index in [4.69, 9.17) is 4.98 Å². The Balaban J connectivity index is 1.50. The monoisotopic (exact) mass is 433 g/mol. The van der Waals surface area contributed by atoms with Crippen LogP contribution >= 0.6 is 0 Å². The fourth-order valence-electron chi connectivity index (χ4n) is 4.28. The van der Waals surface area contributed by atoms with Gasteiger partial charge in [-0.2, -0.15) is 0 Å². The van der Waals surface area contributed by atoms with Crippen molar-refractivity contribution in [3.05, 3.63) is 63.8 Å². The standard InChI is InChI=1S/C25H31N5O2/c1-3-29(4-2)22-13-10-18(16-26-22)17-27-24(31)19-11-12-20-21(15-19)28-23-9-7-5-6-8-14-30(23)25(20)32/h10-13,15-16H,3-9,14,17H2,1-2H3,(H,27,31). The van der Waals surface area contributed by atoms with Crippen molar-refractivity contribution in [3.63, 3.8) is 0 Å². The molecule has 168 valence electrons. The number of amides is 1. The number of anilines is 1. The number of nitrogens with zero attached hydrogens (tertiary/aromatic N) is 4. The lowest BCUT2D eigenvalue weighted by Crippen LogP contribution is -2.27. The minimum atomic E-state index is -0.187. The van der Waals surface area contributed by atoms with Crippen LogP contribution in [0.5, 0.6) is 0 Å². The SMILES string of the molecule is CCN(CC)c1ccc(CNC(=O)c2ccc3c(=O)n4c(nc3c2)CCCCCC4)cn1. The van der Waals surface area contributed by atoms with Gasteiger partial charge < -0.3 is 10.2 Å². The summed E-state index contributed by atoms with van der Waals surface area (Å²) < 4.78 is 1.82.